The number of aliphatic hydroxyl groups excluding tert-OH is 2. The van der Waals surface area contributed by atoms with Crippen molar-refractivity contribution >= 4 is 5.91 Å². The minimum Gasteiger partial charge on any atom is -0.395 e. The fourth-order valence-electron chi connectivity index (χ4n) is 2.77. The largest absolute Gasteiger partial charge is 0.395 e. The molecule has 1 atom stereocenters. The molecule has 1 aromatic heterocycles. The molecular weight excluding hydrogens is 284 g/mol. The van der Waals surface area contributed by atoms with E-state index < -0.39 is 6.10 Å². The molecule has 0 aromatic carbocycles. The van der Waals surface area contributed by atoms with Crippen LogP contribution in [0.4, 0.5) is 0 Å². The summed E-state index contributed by atoms with van der Waals surface area (Å²) in [7, 11) is 0. The van der Waals surface area contributed by atoms with E-state index in [2.05, 4.69) is 9.97 Å². The topological polar surface area (TPSA) is 89.8 Å². The van der Waals surface area contributed by atoms with Gasteiger partial charge in [0.15, 0.2) is 0 Å². The first-order chi connectivity index (χ1) is 10.7. The molecule has 2 aliphatic rings. The zero-order valence-corrected chi connectivity index (χ0v) is 12.6. The molecule has 2 fully saturated rings. The van der Waals surface area contributed by atoms with Crippen molar-refractivity contribution in [3.8, 4) is 0 Å². The van der Waals surface area contributed by atoms with Crippen LogP contribution in [0, 0.1) is 0 Å². The van der Waals surface area contributed by atoms with Crippen LogP contribution in [0.5, 0.6) is 0 Å². The molecule has 2 heterocycles. The highest BCUT2D eigenvalue weighted by Gasteiger charge is 2.28. The molecule has 1 aliphatic carbocycles. The van der Waals surface area contributed by atoms with E-state index in [1.165, 1.54) is 0 Å². The smallest absolute Gasteiger partial charge is 0.257 e. The Kier molecular flexibility index (Phi) is 4.66. The number of aliphatic hydroxyl groups is 2. The molecule has 0 spiro atoms. The minimum atomic E-state index is -0.607. The Labute approximate surface area is 129 Å². The molecule has 1 aliphatic heterocycles. The van der Waals surface area contributed by atoms with Gasteiger partial charge in [-0.1, -0.05) is 0 Å². The van der Waals surface area contributed by atoms with Crippen molar-refractivity contribution in [2.24, 2.45) is 0 Å². The van der Waals surface area contributed by atoms with E-state index >= 15 is 0 Å². The van der Waals surface area contributed by atoms with Crippen LogP contribution >= 0.6 is 0 Å². The van der Waals surface area contributed by atoms with Crippen LogP contribution in [0.3, 0.4) is 0 Å². The standard InChI is InChI=1S/C15H22N4O3/c20-6-5-18-3-4-19(10-13(21)9-18)15(22)12-7-16-14(17-8-12)11-1-2-11/h7-8,11,13,20-21H,1-6,9-10H2. The number of nitrogens with zero attached hydrogens (tertiary/aromatic N) is 4. The third-order valence-corrected chi connectivity index (χ3v) is 4.15. The van der Waals surface area contributed by atoms with Crippen LogP contribution in [0.15, 0.2) is 12.4 Å². The second-order valence-electron chi connectivity index (χ2n) is 6.03. The van der Waals surface area contributed by atoms with Crippen molar-refractivity contribution in [2.75, 3.05) is 39.3 Å². The molecule has 1 saturated heterocycles. The highest BCUT2D eigenvalue weighted by Crippen LogP contribution is 2.37. The summed E-state index contributed by atoms with van der Waals surface area (Å²) in [4.78, 5) is 24.7. The monoisotopic (exact) mass is 306 g/mol. The fraction of sp³-hybridized carbons (Fsp3) is 0.667. The highest BCUT2D eigenvalue weighted by molar-refractivity contribution is 5.93. The van der Waals surface area contributed by atoms with E-state index in [9.17, 15) is 9.90 Å². The number of carbonyl (C=O) groups is 1. The lowest BCUT2D eigenvalue weighted by Crippen LogP contribution is -2.37. The predicted octanol–water partition coefficient (Wildman–Crippen LogP) is -0.535. The van der Waals surface area contributed by atoms with Gasteiger partial charge in [0.1, 0.15) is 5.82 Å². The number of rotatable bonds is 4. The highest BCUT2D eigenvalue weighted by atomic mass is 16.3. The summed E-state index contributed by atoms with van der Waals surface area (Å²) in [5.41, 5.74) is 0.465. The summed E-state index contributed by atoms with van der Waals surface area (Å²) >= 11 is 0. The zero-order valence-electron chi connectivity index (χ0n) is 12.6. The Morgan fingerprint density at radius 2 is 1.95 bits per heavy atom. The normalized spacial score (nSPS) is 23.4. The van der Waals surface area contributed by atoms with Gasteiger partial charge < -0.3 is 15.1 Å². The van der Waals surface area contributed by atoms with Crippen LogP contribution in [0.2, 0.25) is 0 Å². The van der Waals surface area contributed by atoms with Gasteiger partial charge in [0, 0.05) is 51.0 Å². The van der Waals surface area contributed by atoms with Crippen molar-refractivity contribution in [2.45, 2.75) is 24.9 Å². The first kappa shape index (κ1) is 15.3. The first-order valence-corrected chi connectivity index (χ1v) is 7.80. The molecule has 7 nitrogen and oxygen atoms in total. The van der Waals surface area contributed by atoms with E-state index in [-0.39, 0.29) is 12.5 Å². The fourth-order valence-corrected chi connectivity index (χ4v) is 2.77. The van der Waals surface area contributed by atoms with Crippen molar-refractivity contribution < 1.29 is 15.0 Å². The molecule has 22 heavy (non-hydrogen) atoms. The number of hydrogen-bond donors (Lipinski definition) is 2. The van der Waals surface area contributed by atoms with Crippen LogP contribution in [0.25, 0.3) is 0 Å². The summed E-state index contributed by atoms with van der Waals surface area (Å²) in [5.74, 6) is 1.14. The van der Waals surface area contributed by atoms with E-state index in [1.54, 1.807) is 17.3 Å². The van der Waals surface area contributed by atoms with Gasteiger partial charge in [-0.15, -0.1) is 0 Å². The summed E-state index contributed by atoms with van der Waals surface area (Å²) in [6.07, 6.45) is 4.83. The first-order valence-electron chi connectivity index (χ1n) is 7.80. The molecule has 1 aromatic rings. The number of carbonyl (C=O) groups excluding carboxylic acids is 1. The molecule has 1 unspecified atom stereocenters. The summed E-state index contributed by atoms with van der Waals surface area (Å²) in [6.45, 7) is 2.51. The molecule has 7 heteroatoms. The van der Waals surface area contributed by atoms with Crippen molar-refractivity contribution in [1.82, 2.24) is 19.8 Å². The quantitative estimate of drug-likeness (QED) is 0.777. The Hall–Kier alpha value is -1.57. The van der Waals surface area contributed by atoms with Gasteiger partial charge in [-0.2, -0.15) is 0 Å². The lowest BCUT2D eigenvalue weighted by Gasteiger charge is -2.21. The number of aromatic nitrogens is 2. The van der Waals surface area contributed by atoms with Crippen molar-refractivity contribution in [3.05, 3.63) is 23.8 Å². The second kappa shape index (κ2) is 6.68. The minimum absolute atomic E-state index is 0.0527. The molecule has 1 saturated carbocycles. The molecule has 3 rings (SSSR count). The van der Waals surface area contributed by atoms with Crippen LogP contribution in [-0.4, -0.2) is 81.3 Å². The Morgan fingerprint density at radius 3 is 2.59 bits per heavy atom. The van der Waals surface area contributed by atoms with E-state index in [0.717, 1.165) is 18.7 Å². The summed E-state index contributed by atoms with van der Waals surface area (Å²) in [6, 6.07) is 0. The molecule has 0 radical (unpaired) electrons. The van der Waals surface area contributed by atoms with Gasteiger partial charge in [0.05, 0.1) is 18.3 Å². The SMILES string of the molecule is O=C(c1cnc(C2CC2)nc1)N1CCN(CCO)CC(O)C1. The van der Waals surface area contributed by atoms with Gasteiger partial charge in [0.25, 0.3) is 5.91 Å². The van der Waals surface area contributed by atoms with Crippen LogP contribution in [0.1, 0.15) is 34.9 Å². The van der Waals surface area contributed by atoms with E-state index in [1.807, 2.05) is 4.90 Å². The summed E-state index contributed by atoms with van der Waals surface area (Å²) < 4.78 is 0. The third kappa shape index (κ3) is 3.60. The van der Waals surface area contributed by atoms with E-state index in [0.29, 0.717) is 44.2 Å². The molecule has 0 bridgehead atoms. The maximum Gasteiger partial charge on any atom is 0.257 e. The lowest BCUT2D eigenvalue weighted by atomic mass is 10.2. The van der Waals surface area contributed by atoms with Crippen LogP contribution in [-0.2, 0) is 0 Å². The number of hydrogen-bond acceptors (Lipinski definition) is 6. The van der Waals surface area contributed by atoms with Gasteiger partial charge in [-0.05, 0) is 12.8 Å². The maximum absolute atomic E-state index is 12.5. The van der Waals surface area contributed by atoms with Gasteiger partial charge in [-0.25, -0.2) is 9.97 Å². The van der Waals surface area contributed by atoms with Gasteiger partial charge in [0.2, 0.25) is 0 Å². The number of β-amino-alcohol motifs (C(OH)–C–C–N with tert-alkyl or cyclic N) is 2. The van der Waals surface area contributed by atoms with Crippen molar-refractivity contribution in [1.29, 1.82) is 0 Å². The Balaban J connectivity index is 1.65. The average molecular weight is 306 g/mol. The molecule has 1 amide bonds. The maximum atomic E-state index is 12.5. The predicted molar refractivity (Wildman–Crippen MR) is 79.4 cm³/mol. The number of amides is 1. The van der Waals surface area contributed by atoms with E-state index in [4.69, 9.17) is 5.11 Å². The molecular formula is C15H22N4O3. The van der Waals surface area contributed by atoms with Gasteiger partial charge >= 0.3 is 0 Å². The van der Waals surface area contributed by atoms with Crippen LogP contribution < -0.4 is 0 Å². The Bertz CT molecular complexity index is 518. The lowest BCUT2D eigenvalue weighted by molar-refractivity contribution is 0.0660. The molecule has 120 valence electrons. The summed E-state index contributed by atoms with van der Waals surface area (Å²) in [5, 5.41) is 19.0. The second-order valence-corrected chi connectivity index (χ2v) is 6.03. The third-order valence-electron chi connectivity index (χ3n) is 4.15. The molecule has 2 N–H and O–H groups in total. The van der Waals surface area contributed by atoms with Gasteiger partial charge in [-0.3, -0.25) is 9.69 Å². The zero-order chi connectivity index (χ0) is 15.5. The Morgan fingerprint density at radius 1 is 1.23 bits per heavy atom. The average Bonchev–Trinajstić information content (AvgIpc) is 3.35. The van der Waals surface area contributed by atoms with Crippen molar-refractivity contribution in [3.63, 3.8) is 0 Å².